The number of amides is 15. The number of H-pyrrole nitrogens is 1. The molecule has 2 fully saturated rings. The summed E-state index contributed by atoms with van der Waals surface area (Å²) >= 11 is 6.39. The fraction of sp³-hybridized carbons (Fsp3) is 0.524. The lowest BCUT2D eigenvalue weighted by Crippen LogP contribution is -2.60. The minimum Gasteiger partial charge on any atom is -0.445 e. The van der Waals surface area contributed by atoms with E-state index >= 15 is 4.39 Å². The molecule has 0 bridgehead atoms. The average molecular weight is 2060 g/mol. The summed E-state index contributed by atoms with van der Waals surface area (Å²) in [4.78, 5) is 212. The van der Waals surface area contributed by atoms with Crippen LogP contribution in [0.1, 0.15) is 162 Å². The van der Waals surface area contributed by atoms with Gasteiger partial charge in [-0.15, -0.1) is 0 Å². The number of aliphatic hydroxyl groups excluding tert-OH is 1. The van der Waals surface area contributed by atoms with Gasteiger partial charge in [-0.3, -0.25) is 62.4 Å². The standard InChI is InChI=1S/C105H147ClFN21O19/c1-16-64(9)92(81(144-14)54-87(134)128-44-24-30-80(128)95(145-15)65(10)98(136)117-66(11)94(135)69-27-21-18-22-28-69)125(12)103(141)90(61(4)5)124-102(140)91(62(6)7)126(13)105(143)147-59-68-31-34-74(35-32-68)118-100(138)77(29-23-41-112-104(109)142)122-101(139)89(60(2)3)123-86(133)58-116-99(137)79(51-67-25-19-17-20-26-67)119-85(132)57-114-84(131)56-113-83(130)40-48-146-47-39-82(129)110-42-43-111-96-88(97-120-76-36-33-71(106)53-78(76)121-97)93(127-45-37-73(108)38-46-127)75(55-115-96)70-49-63(8)50-72(107)52-70/h17-22,25-28,31-36,49-50,52-53,55,60-62,64-66,73,77,79-81,89-92,94-95,135H,16,23-24,29-30,37-48,51,54,56-59,108H2,1-15H3,(H,110,129)(H,111,115)(H,113,130)(H,114,131)(H,116,137)(H,117,136)(H,118,138)(H,119,132)(H,120,121)(H,122,139)(H,123,133)(H,124,140)(H3,109,112,142)/t64-,65+,66+,77+,79+,80-,81+,89+,90?,91-,92-,94+,95+/m1/s1. The van der Waals surface area contributed by atoms with Gasteiger partial charge in [-0.05, 0) is 146 Å². The molecule has 2 aliphatic rings. The largest absolute Gasteiger partial charge is 0.445 e. The molecule has 18 N–H and O–H groups in total. The number of aromatic amines is 1. The fourth-order valence-corrected chi connectivity index (χ4v) is 18.4. The molecule has 7 aromatic rings. The molecule has 147 heavy (non-hydrogen) atoms. The Hall–Kier alpha value is -13.5. The zero-order chi connectivity index (χ0) is 107. The summed E-state index contributed by atoms with van der Waals surface area (Å²) in [6, 6.07) is 25.3. The van der Waals surface area contributed by atoms with Gasteiger partial charge in [-0.2, -0.15) is 0 Å². The highest BCUT2D eigenvalue weighted by Gasteiger charge is 2.45. The first-order valence-electron chi connectivity index (χ1n) is 50.2. The summed E-state index contributed by atoms with van der Waals surface area (Å²) in [6.07, 6.45) is 1.35. The fourth-order valence-electron chi connectivity index (χ4n) is 18.2. The van der Waals surface area contributed by atoms with Crippen LogP contribution in [-0.4, -0.2) is 285 Å². The van der Waals surface area contributed by atoms with Gasteiger partial charge in [0.15, 0.2) is 0 Å². The molecule has 0 aliphatic carbocycles. The molecule has 5 aromatic carbocycles. The number of carbonyl (C=O) groups is 14. The Balaban J connectivity index is 0.705. The highest BCUT2D eigenvalue weighted by atomic mass is 35.5. The molecule has 15 amide bonds. The third-order valence-electron chi connectivity index (χ3n) is 26.4. The van der Waals surface area contributed by atoms with Crippen molar-refractivity contribution in [2.75, 3.05) is 116 Å². The van der Waals surface area contributed by atoms with E-state index in [0.717, 1.165) is 29.0 Å². The van der Waals surface area contributed by atoms with Crippen LogP contribution in [0.4, 0.5) is 31.2 Å². The first-order chi connectivity index (χ1) is 70.1. The molecular formula is C105H147ClFN21O19. The number of carbonyl (C=O) groups excluding carboxylic acids is 14. The molecule has 4 heterocycles. The number of halogens is 2. The molecule has 0 radical (unpaired) electrons. The van der Waals surface area contributed by atoms with Crippen molar-refractivity contribution >= 4 is 123 Å². The van der Waals surface area contributed by atoms with E-state index in [1.54, 1.807) is 152 Å². The van der Waals surface area contributed by atoms with E-state index in [1.807, 2.05) is 39.0 Å². The zero-order valence-corrected chi connectivity index (χ0v) is 87.3. The van der Waals surface area contributed by atoms with Crippen molar-refractivity contribution in [2.45, 2.75) is 226 Å². The minimum absolute atomic E-state index is 0.0199. The number of benzene rings is 5. The first-order valence-corrected chi connectivity index (χ1v) is 50.5. The molecule has 42 heteroatoms. The maximum absolute atomic E-state index is 15.0. The normalized spacial score (nSPS) is 15.6. The Kier molecular flexibility index (Phi) is 45.9. The van der Waals surface area contributed by atoms with E-state index in [0.29, 0.717) is 100.0 Å². The monoisotopic (exact) mass is 2060 g/mol. The van der Waals surface area contributed by atoms with Gasteiger partial charge < -0.3 is 119 Å². The summed E-state index contributed by atoms with van der Waals surface area (Å²) in [5.41, 5.74) is 18.6. The molecule has 13 atom stereocenters. The quantitative estimate of drug-likeness (QED) is 0.0166. The van der Waals surface area contributed by atoms with E-state index in [2.05, 4.69) is 73.7 Å². The smallest absolute Gasteiger partial charge is 0.410 e. The maximum atomic E-state index is 15.0. The number of primary amides is 1. The second-order valence-corrected chi connectivity index (χ2v) is 39.0. The number of anilines is 3. The maximum Gasteiger partial charge on any atom is 0.410 e. The summed E-state index contributed by atoms with van der Waals surface area (Å²) in [5.74, 6) is -9.14. The summed E-state index contributed by atoms with van der Waals surface area (Å²) in [5, 5.41) is 44.2. The van der Waals surface area contributed by atoms with Gasteiger partial charge in [0.1, 0.15) is 54.3 Å². The highest BCUT2D eigenvalue weighted by molar-refractivity contribution is 6.31. The van der Waals surface area contributed by atoms with Gasteiger partial charge in [-0.25, -0.2) is 23.9 Å². The van der Waals surface area contributed by atoms with Crippen LogP contribution in [0.3, 0.4) is 0 Å². The topological polar surface area (TPSA) is 547 Å². The average Bonchev–Trinajstić information content (AvgIpc) is 1.74. The summed E-state index contributed by atoms with van der Waals surface area (Å²) < 4.78 is 38.5. The number of nitrogens with one attached hydrogen (secondary N) is 13. The van der Waals surface area contributed by atoms with Gasteiger partial charge in [0.25, 0.3) is 0 Å². The van der Waals surface area contributed by atoms with Crippen LogP contribution in [0.5, 0.6) is 0 Å². The Bertz CT molecular complexity index is 5580. The Morgan fingerprint density at radius 2 is 1.28 bits per heavy atom. The number of urea groups is 1. The highest BCUT2D eigenvalue weighted by Crippen LogP contribution is 2.45. The molecule has 2 saturated heterocycles. The number of aliphatic hydroxyl groups is 1. The van der Waals surface area contributed by atoms with Crippen LogP contribution in [0, 0.1) is 42.3 Å². The van der Waals surface area contributed by atoms with Crippen LogP contribution in [0.15, 0.2) is 128 Å². The lowest BCUT2D eigenvalue weighted by molar-refractivity contribution is -0.148. The number of rotatable bonds is 55. The second-order valence-electron chi connectivity index (χ2n) is 38.6. The molecule has 40 nitrogen and oxygen atoms in total. The van der Waals surface area contributed by atoms with E-state index in [9.17, 15) is 72.2 Å². The Morgan fingerprint density at radius 1 is 0.633 bits per heavy atom. The minimum atomic E-state index is -1.30. The van der Waals surface area contributed by atoms with Crippen molar-refractivity contribution in [3.8, 4) is 22.5 Å². The van der Waals surface area contributed by atoms with Crippen LogP contribution in [-0.2, 0) is 89.5 Å². The lowest BCUT2D eigenvalue weighted by atomic mass is 9.89. The molecule has 2 aliphatic heterocycles. The number of pyridine rings is 1. The van der Waals surface area contributed by atoms with Crippen molar-refractivity contribution in [1.29, 1.82) is 0 Å². The number of ether oxygens (including phenoxy) is 4. The van der Waals surface area contributed by atoms with E-state index in [-0.39, 0.29) is 119 Å². The summed E-state index contributed by atoms with van der Waals surface area (Å²) in [7, 11) is 6.01. The number of piperidine rings is 1. The van der Waals surface area contributed by atoms with Gasteiger partial charge in [0.05, 0.1) is 104 Å². The Labute approximate surface area is 863 Å². The number of nitrogens with zero attached hydrogens (tertiary/aromatic N) is 6. The van der Waals surface area contributed by atoms with Crippen molar-refractivity contribution in [3.63, 3.8) is 0 Å². The van der Waals surface area contributed by atoms with Crippen LogP contribution in [0.2, 0.25) is 5.02 Å². The first kappa shape index (κ1) is 117. The molecule has 2 aromatic heterocycles. The van der Waals surface area contributed by atoms with Gasteiger partial charge in [0.2, 0.25) is 70.9 Å². The van der Waals surface area contributed by atoms with Crippen LogP contribution >= 0.6 is 11.6 Å². The number of hydrogen-bond donors (Lipinski definition) is 16. The number of likely N-dealkylation sites (tertiary alicyclic amines) is 1. The number of aryl methyl sites for hydroxylation is 1. The number of imidazole rings is 1. The Morgan fingerprint density at radius 3 is 1.92 bits per heavy atom. The van der Waals surface area contributed by atoms with Crippen molar-refractivity contribution < 1.29 is 95.6 Å². The number of methoxy groups -OCH3 is 2. The molecule has 1 unspecified atom stereocenters. The molecule has 0 spiro atoms. The molecular weight excluding hydrogens is 1910 g/mol. The number of hydrogen-bond acceptors (Lipinski definition) is 24. The van der Waals surface area contributed by atoms with Crippen LogP contribution in [0.25, 0.3) is 33.5 Å². The van der Waals surface area contributed by atoms with E-state index in [4.69, 9.17) is 52.0 Å². The second kappa shape index (κ2) is 57.6. The number of likely N-dealkylation sites (N-methyl/N-ethyl adjacent to an activating group) is 2. The third-order valence-corrected chi connectivity index (χ3v) is 26.6. The SMILES string of the molecule is CC[C@@H](C)[C@H]([C@H](CC(=O)N1CCC[C@@H]1[C@@H](OC)[C@H](C)C(=O)N[C@@H](C)[C@H](O)c1ccccc1)OC)N(C)C(=O)C(NC(=O)[C@@H](C(C)C)N(C)C(=O)OCc1ccc(NC(=O)[C@H](CCCNC(N)=O)NC(=O)[C@@H](NC(=O)CNC(=O)[C@H](Cc2ccccc2)NC(=O)CNC(=O)CNC(=O)CCOCCC(=O)NCCNc2ncc(-c3cc(C)cc(F)c3)c(N3CCC(N)CC3)c2-c2nc3ccc(Cl)cc3[nH]2)C(C)C)cc1)C(C)C. The number of aromatic nitrogens is 3. The molecule has 0 saturated carbocycles. The predicted molar refractivity (Wildman–Crippen MR) is 556 cm³/mol. The van der Waals surface area contributed by atoms with Gasteiger partial charge >= 0.3 is 12.1 Å². The third kappa shape index (κ3) is 34.8. The number of fused-ring (bicyclic) bond motifs is 1. The number of nitrogens with two attached hydrogens (primary N) is 2. The van der Waals surface area contributed by atoms with Crippen molar-refractivity contribution in [3.05, 3.63) is 161 Å². The van der Waals surface area contributed by atoms with Gasteiger partial charge in [0, 0.05) is 115 Å². The molecule has 800 valence electrons. The zero-order valence-electron chi connectivity index (χ0n) is 86.6. The van der Waals surface area contributed by atoms with Crippen molar-refractivity contribution in [2.24, 2.45) is 41.1 Å². The van der Waals surface area contributed by atoms with Gasteiger partial charge in [-0.1, -0.05) is 159 Å². The van der Waals surface area contributed by atoms with Crippen LogP contribution < -0.4 is 80.2 Å². The summed E-state index contributed by atoms with van der Waals surface area (Å²) in [6.45, 7) is 19.4. The van der Waals surface area contributed by atoms with Crippen molar-refractivity contribution in [1.82, 2.24) is 82.8 Å². The molecule has 9 rings (SSSR count). The van der Waals surface area contributed by atoms with E-state index in [1.165, 1.54) is 50.4 Å². The predicted octanol–water partition coefficient (Wildman–Crippen LogP) is 7.33. The lowest BCUT2D eigenvalue weighted by Gasteiger charge is -2.41. The van der Waals surface area contributed by atoms with E-state index < -0.39 is 175 Å².